The number of aromatic nitrogens is 3. The van der Waals surface area contributed by atoms with Crippen LogP contribution in [0.4, 0.5) is 11.5 Å². The van der Waals surface area contributed by atoms with E-state index < -0.39 is 5.97 Å². The van der Waals surface area contributed by atoms with Crippen LogP contribution in [0.25, 0.3) is 22.6 Å². The molecule has 2 heterocycles. The first-order valence-electron chi connectivity index (χ1n) is 9.53. The molecule has 4 rings (SSSR count). The minimum Gasteiger partial charge on any atom is -0.462 e. The average Bonchev–Trinajstić information content (AvgIpc) is 3.21. The first kappa shape index (κ1) is 19.7. The van der Waals surface area contributed by atoms with Crippen molar-refractivity contribution >= 4 is 28.8 Å². The number of carbonyl (C=O) groups is 1. The van der Waals surface area contributed by atoms with Gasteiger partial charge in [-0.3, -0.25) is 0 Å². The summed E-state index contributed by atoms with van der Waals surface area (Å²) < 4.78 is 5.17. The summed E-state index contributed by atoms with van der Waals surface area (Å²) in [5.74, 6) is 0.467. The Morgan fingerprint density at radius 2 is 1.80 bits per heavy atom. The molecule has 0 aliphatic rings. The van der Waals surface area contributed by atoms with Gasteiger partial charge >= 0.3 is 5.97 Å². The minimum atomic E-state index is -0.464. The van der Waals surface area contributed by atoms with Gasteiger partial charge in [0, 0.05) is 28.4 Å². The fraction of sp³-hybridized carbons (Fsp3) is 0.130. The normalized spacial score (nSPS) is 10.6. The third-order valence-corrected chi connectivity index (χ3v) is 5.15. The van der Waals surface area contributed by atoms with Gasteiger partial charge in [0.2, 0.25) is 0 Å². The smallest absolute Gasteiger partial charge is 0.343 e. The molecular weight excluding hydrogens is 396 g/mol. The molecule has 4 aromatic rings. The summed E-state index contributed by atoms with van der Waals surface area (Å²) in [6, 6.07) is 17.5. The maximum Gasteiger partial charge on any atom is 0.343 e. The second kappa shape index (κ2) is 8.84. The quantitative estimate of drug-likeness (QED) is 0.419. The van der Waals surface area contributed by atoms with Crippen molar-refractivity contribution in [3.8, 4) is 22.6 Å². The molecule has 0 aliphatic carbocycles. The summed E-state index contributed by atoms with van der Waals surface area (Å²) in [4.78, 5) is 25.9. The van der Waals surface area contributed by atoms with E-state index in [1.165, 1.54) is 6.20 Å². The van der Waals surface area contributed by atoms with E-state index in [1.807, 2.05) is 66.9 Å². The molecule has 0 unspecified atom stereocenters. The third-order valence-electron chi connectivity index (χ3n) is 4.38. The Morgan fingerprint density at radius 1 is 1.03 bits per heavy atom. The Labute approximate surface area is 178 Å². The van der Waals surface area contributed by atoms with E-state index >= 15 is 0 Å². The number of benzene rings is 2. The summed E-state index contributed by atoms with van der Waals surface area (Å²) in [5, 5.41) is 6.30. The van der Waals surface area contributed by atoms with Crippen molar-refractivity contribution < 1.29 is 9.53 Å². The minimum absolute atomic E-state index is 0.278. The number of anilines is 2. The maximum absolute atomic E-state index is 12.4. The van der Waals surface area contributed by atoms with Crippen molar-refractivity contribution in [3.05, 3.63) is 76.7 Å². The fourth-order valence-electron chi connectivity index (χ4n) is 2.92. The molecule has 0 saturated heterocycles. The molecule has 1 N–H and O–H groups in total. The number of thiazole rings is 1. The molecular formula is C23H20N4O2S. The number of aryl methyl sites for hydroxylation is 1. The largest absolute Gasteiger partial charge is 0.462 e. The summed E-state index contributed by atoms with van der Waals surface area (Å²) in [5.41, 5.74) is 3.93. The Balaban J connectivity index is 1.66. The number of carbonyl (C=O) groups excluding carboxylic acids is 1. The molecule has 0 bridgehead atoms. The van der Waals surface area contributed by atoms with E-state index in [-0.39, 0.29) is 12.2 Å². The monoisotopic (exact) mass is 416 g/mol. The molecule has 2 aromatic carbocycles. The summed E-state index contributed by atoms with van der Waals surface area (Å²) >= 11 is 1.62. The molecule has 30 heavy (non-hydrogen) atoms. The van der Waals surface area contributed by atoms with E-state index in [2.05, 4.69) is 20.3 Å². The standard InChI is InChI=1S/C23H20N4O2S/c1-3-29-23(28)19-13-24-21(17-7-5-4-6-8-17)27-22(19)26-18-11-9-16(10-12-18)20-14-30-15(2)25-20/h4-14H,3H2,1-2H3,(H,24,26,27). The zero-order valence-corrected chi connectivity index (χ0v) is 17.4. The molecule has 2 aromatic heterocycles. The van der Waals surface area contributed by atoms with Crippen LogP contribution in [0, 0.1) is 6.92 Å². The lowest BCUT2D eigenvalue weighted by molar-refractivity contribution is 0.0526. The number of hydrogen-bond acceptors (Lipinski definition) is 7. The van der Waals surface area contributed by atoms with Gasteiger partial charge in [0.1, 0.15) is 11.4 Å². The predicted octanol–water partition coefficient (Wildman–Crippen LogP) is 5.50. The van der Waals surface area contributed by atoms with E-state index in [4.69, 9.17) is 4.74 Å². The van der Waals surface area contributed by atoms with Crippen LogP contribution in [0.1, 0.15) is 22.3 Å². The van der Waals surface area contributed by atoms with Crippen LogP contribution in [0.2, 0.25) is 0 Å². The lowest BCUT2D eigenvalue weighted by Gasteiger charge is -2.12. The highest BCUT2D eigenvalue weighted by atomic mass is 32.1. The topological polar surface area (TPSA) is 77.0 Å². The first-order chi connectivity index (χ1) is 14.6. The molecule has 0 aliphatic heterocycles. The second-order valence-electron chi connectivity index (χ2n) is 6.50. The number of nitrogens with zero attached hydrogens (tertiary/aromatic N) is 3. The van der Waals surface area contributed by atoms with E-state index in [0.29, 0.717) is 11.6 Å². The molecule has 0 fully saturated rings. The lowest BCUT2D eigenvalue weighted by atomic mass is 10.1. The number of nitrogens with one attached hydrogen (secondary N) is 1. The van der Waals surface area contributed by atoms with Gasteiger partial charge in [0.15, 0.2) is 5.82 Å². The van der Waals surface area contributed by atoms with Crippen molar-refractivity contribution in [1.29, 1.82) is 0 Å². The van der Waals surface area contributed by atoms with E-state index in [9.17, 15) is 4.79 Å². The third kappa shape index (κ3) is 4.36. The van der Waals surface area contributed by atoms with Crippen molar-refractivity contribution in [2.24, 2.45) is 0 Å². The van der Waals surface area contributed by atoms with Gasteiger partial charge in [-0.25, -0.2) is 19.7 Å². The first-order valence-corrected chi connectivity index (χ1v) is 10.4. The number of esters is 1. The summed E-state index contributed by atoms with van der Waals surface area (Å²) in [6.45, 7) is 4.03. The fourth-order valence-corrected chi connectivity index (χ4v) is 3.54. The summed E-state index contributed by atoms with van der Waals surface area (Å²) in [6.07, 6.45) is 1.50. The predicted molar refractivity (Wildman–Crippen MR) is 119 cm³/mol. The van der Waals surface area contributed by atoms with Gasteiger partial charge in [-0.15, -0.1) is 11.3 Å². The summed E-state index contributed by atoms with van der Waals surface area (Å²) in [7, 11) is 0. The Kier molecular flexibility index (Phi) is 5.81. The number of ether oxygens (including phenoxy) is 1. The molecule has 0 spiro atoms. The lowest BCUT2D eigenvalue weighted by Crippen LogP contribution is -2.11. The molecule has 0 amide bonds. The van der Waals surface area contributed by atoms with Gasteiger partial charge in [-0.1, -0.05) is 42.5 Å². The van der Waals surface area contributed by atoms with Crippen LogP contribution < -0.4 is 5.32 Å². The molecule has 0 radical (unpaired) electrons. The van der Waals surface area contributed by atoms with Crippen LogP contribution in [0.15, 0.2) is 66.2 Å². The van der Waals surface area contributed by atoms with Crippen molar-refractivity contribution in [3.63, 3.8) is 0 Å². The van der Waals surface area contributed by atoms with E-state index in [1.54, 1.807) is 18.3 Å². The highest BCUT2D eigenvalue weighted by molar-refractivity contribution is 7.09. The van der Waals surface area contributed by atoms with Gasteiger partial charge in [-0.2, -0.15) is 0 Å². The van der Waals surface area contributed by atoms with E-state index in [0.717, 1.165) is 27.5 Å². The van der Waals surface area contributed by atoms with Crippen molar-refractivity contribution in [2.75, 3.05) is 11.9 Å². The highest BCUT2D eigenvalue weighted by Gasteiger charge is 2.17. The average molecular weight is 417 g/mol. The molecule has 6 nitrogen and oxygen atoms in total. The molecule has 150 valence electrons. The Bertz CT molecular complexity index is 1160. The van der Waals surface area contributed by atoms with Crippen LogP contribution in [0.5, 0.6) is 0 Å². The Hall–Kier alpha value is -3.58. The molecule has 0 saturated carbocycles. The SMILES string of the molecule is CCOC(=O)c1cnc(-c2ccccc2)nc1Nc1ccc(-c2csc(C)n2)cc1. The zero-order chi connectivity index (χ0) is 20.9. The van der Waals surface area contributed by atoms with Crippen LogP contribution in [0.3, 0.4) is 0 Å². The van der Waals surface area contributed by atoms with Crippen molar-refractivity contribution in [1.82, 2.24) is 15.0 Å². The van der Waals surface area contributed by atoms with Gasteiger partial charge in [-0.05, 0) is 26.0 Å². The number of hydrogen-bond donors (Lipinski definition) is 1. The van der Waals surface area contributed by atoms with Gasteiger partial charge in [0.25, 0.3) is 0 Å². The maximum atomic E-state index is 12.4. The van der Waals surface area contributed by atoms with Crippen molar-refractivity contribution in [2.45, 2.75) is 13.8 Å². The molecule has 7 heteroatoms. The molecule has 0 atom stereocenters. The second-order valence-corrected chi connectivity index (χ2v) is 7.56. The van der Waals surface area contributed by atoms with Crippen LogP contribution in [-0.4, -0.2) is 27.5 Å². The van der Waals surface area contributed by atoms with Gasteiger partial charge < -0.3 is 10.1 Å². The number of rotatable bonds is 6. The Morgan fingerprint density at radius 3 is 2.47 bits per heavy atom. The van der Waals surface area contributed by atoms with Crippen LogP contribution >= 0.6 is 11.3 Å². The highest BCUT2D eigenvalue weighted by Crippen LogP contribution is 2.26. The zero-order valence-electron chi connectivity index (χ0n) is 16.6. The van der Waals surface area contributed by atoms with Gasteiger partial charge in [0.05, 0.1) is 17.3 Å². The van der Waals surface area contributed by atoms with Crippen LogP contribution in [-0.2, 0) is 4.74 Å².